The van der Waals surface area contributed by atoms with Crippen LogP contribution >= 0.6 is 0 Å². The molecule has 3 heteroatoms. The predicted molar refractivity (Wildman–Crippen MR) is 159 cm³/mol. The van der Waals surface area contributed by atoms with Gasteiger partial charge in [-0.05, 0) is 85.1 Å². The average Bonchev–Trinajstić information content (AvgIpc) is 3.37. The number of anilines is 3. The Balaban J connectivity index is 1.24. The summed E-state index contributed by atoms with van der Waals surface area (Å²) in [7, 11) is 0. The van der Waals surface area contributed by atoms with E-state index in [2.05, 4.69) is 128 Å². The van der Waals surface area contributed by atoms with Gasteiger partial charge in [-0.1, -0.05) is 83.9 Å². The third kappa shape index (κ3) is 5.00. The van der Waals surface area contributed by atoms with Crippen LogP contribution in [0.4, 0.5) is 17.1 Å². The Kier molecular flexibility index (Phi) is 6.33. The third-order valence-corrected chi connectivity index (χ3v) is 6.67. The zero-order valence-electron chi connectivity index (χ0n) is 21.5. The van der Waals surface area contributed by atoms with Crippen LogP contribution in [0.5, 0.6) is 0 Å². The lowest BCUT2D eigenvalue weighted by Gasteiger charge is -2.25. The number of benzene rings is 5. The van der Waals surface area contributed by atoms with Crippen molar-refractivity contribution in [3.8, 4) is 11.1 Å². The summed E-state index contributed by atoms with van der Waals surface area (Å²) in [5, 5.41) is 0. The smallest absolute Gasteiger partial charge is 0.220 e. The standard InChI is InChI=1S/C35H28N2O/c1-25-8-15-28(16-9-25)29-17-22-34-33(24-29)36-35(38-34)23-14-27-12-20-32(21-13-27)37(30-6-4-3-5-7-30)31-18-10-26(2)11-19-31/h3-24H,1-2H3/b23-14+. The zero-order valence-corrected chi connectivity index (χ0v) is 21.5. The van der Waals surface area contributed by atoms with Gasteiger partial charge in [0.05, 0.1) is 0 Å². The van der Waals surface area contributed by atoms with Crippen LogP contribution in [0.25, 0.3) is 34.4 Å². The van der Waals surface area contributed by atoms with E-state index in [4.69, 9.17) is 9.40 Å². The van der Waals surface area contributed by atoms with Crippen molar-refractivity contribution in [2.24, 2.45) is 0 Å². The van der Waals surface area contributed by atoms with E-state index in [1.807, 2.05) is 24.3 Å². The van der Waals surface area contributed by atoms with Crippen molar-refractivity contribution in [1.29, 1.82) is 0 Å². The number of hydrogen-bond acceptors (Lipinski definition) is 3. The number of aryl methyl sites for hydroxylation is 2. The topological polar surface area (TPSA) is 29.3 Å². The third-order valence-electron chi connectivity index (χ3n) is 6.67. The molecular weight excluding hydrogens is 464 g/mol. The second-order valence-corrected chi connectivity index (χ2v) is 9.53. The molecule has 6 rings (SSSR count). The van der Waals surface area contributed by atoms with E-state index in [0.717, 1.165) is 39.3 Å². The largest absolute Gasteiger partial charge is 0.437 e. The first kappa shape index (κ1) is 23.5. The molecule has 0 bridgehead atoms. The van der Waals surface area contributed by atoms with E-state index >= 15 is 0 Å². The van der Waals surface area contributed by atoms with Gasteiger partial charge in [-0.15, -0.1) is 0 Å². The Bertz CT molecular complexity index is 1700. The van der Waals surface area contributed by atoms with Crippen LogP contribution in [0.3, 0.4) is 0 Å². The first-order valence-electron chi connectivity index (χ1n) is 12.8. The van der Waals surface area contributed by atoms with Gasteiger partial charge >= 0.3 is 0 Å². The van der Waals surface area contributed by atoms with Crippen LogP contribution in [0.1, 0.15) is 22.6 Å². The van der Waals surface area contributed by atoms with Crippen molar-refractivity contribution in [2.75, 3.05) is 4.90 Å². The number of hydrogen-bond donors (Lipinski definition) is 0. The van der Waals surface area contributed by atoms with Crippen LogP contribution in [0.2, 0.25) is 0 Å². The highest BCUT2D eigenvalue weighted by molar-refractivity contribution is 5.82. The van der Waals surface area contributed by atoms with Gasteiger partial charge in [-0.3, -0.25) is 0 Å². The van der Waals surface area contributed by atoms with E-state index < -0.39 is 0 Å². The highest BCUT2D eigenvalue weighted by Crippen LogP contribution is 2.34. The Morgan fingerprint density at radius 1 is 0.579 bits per heavy atom. The first-order valence-corrected chi connectivity index (χ1v) is 12.8. The van der Waals surface area contributed by atoms with Crippen molar-refractivity contribution in [3.63, 3.8) is 0 Å². The Hall–Kier alpha value is -4.89. The van der Waals surface area contributed by atoms with Crippen molar-refractivity contribution in [1.82, 2.24) is 4.98 Å². The van der Waals surface area contributed by atoms with E-state index in [-0.39, 0.29) is 0 Å². The molecule has 0 spiro atoms. The summed E-state index contributed by atoms with van der Waals surface area (Å²) in [6.45, 7) is 4.21. The maximum absolute atomic E-state index is 5.98. The van der Waals surface area contributed by atoms with Crippen LogP contribution in [-0.4, -0.2) is 4.98 Å². The lowest BCUT2D eigenvalue weighted by Crippen LogP contribution is -2.09. The molecule has 6 aromatic rings. The summed E-state index contributed by atoms with van der Waals surface area (Å²) in [6.07, 6.45) is 3.96. The summed E-state index contributed by atoms with van der Waals surface area (Å²) in [4.78, 5) is 6.97. The molecule has 0 fully saturated rings. The van der Waals surface area contributed by atoms with E-state index in [9.17, 15) is 0 Å². The molecule has 0 aliphatic rings. The molecule has 0 radical (unpaired) electrons. The van der Waals surface area contributed by atoms with Crippen LogP contribution in [0.15, 0.2) is 126 Å². The normalized spacial score (nSPS) is 11.3. The average molecular weight is 493 g/mol. The molecule has 38 heavy (non-hydrogen) atoms. The highest BCUT2D eigenvalue weighted by Gasteiger charge is 2.12. The van der Waals surface area contributed by atoms with Gasteiger partial charge in [-0.2, -0.15) is 0 Å². The van der Waals surface area contributed by atoms with Crippen LogP contribution in [0, 0.1) is 13.8 Å². The van der Waals surface area contributed by atoms with Gasteiger partial charge < -0.3 is 9.32 Å². The van der Waals surface area contributed by atoms with Gasteiger partial charge in [0.1, 0.15) is 5.52 Å². The van der Waals surface area contributed by atoms with Gasteiger partial charge in [0, 0.05) is 23.1 Å². The summed E-state index contributed by atoms with van der Waals surface area (Å²) < 4.78 is 5.98. The maximum Gasteiger partial charge on any atom is 0.220 e. The summed E-state index contributed by atoms with van der Waals surface area (Å²) in [6, 6.07) is 42.3. The lowest BCUT2D eigenvalue weighted by molar-refractivity contribution is 0.590. The molecule has 0 N–H and O–H groups in total. The molecule has 0 saturated heterocycles. The van der Waals surface area contributed by atoms with Crippen LogP contribution < -0.4 is 4.90 Å². The minimum atomic E-state index is 0.593. The minimum Gasteiger partial charge on any atom is -0.437 e. The maximum atomic E-state index is 5.98. The number of aromatic nitrogens is 1. The number of fused-ring (bicyclic) bond motifs is 1. The first-order chi connectivity index (χ1) is 18.6. The predicted octanol–water partition coefficient (Wildman–Crippen LogP) is 9.75. The fraction of sp³-hybridized carbons (Fsp3) is 0.0571. The molecule has 0 aliphatic carbocycles. The van der Waals surface area contributed by atoms with Gasteiger partial charge in [0.15, 0.2) is 5.58 Å². The molecule has 3 nitrogen and oxygen atoms in total. The number of oxazole rings is 1. The summed E-state index contributed by atoms with van der Waals surface area (Å²) in [5.74, 6) is 0.593. The Morgan fingerprint density at radius 2 is 1.16 bits per heavy atom. The second kappa shape index (κ2) is 10.2. The fourth-order valence-corrected chi connectivity index (χ4v) is 4.56. The fourth-order valence-electron chi connectivity index (χ4n) is 4.56. The molecule has 184 valence electrons. The zero-order chi connectivity index (χ0) is 25.9. The molecule has 0 aliphatic heterocycles. The van der Waals surface area contributed by atoms with E-state index in [1.54, 1.807) is 0 Å². The molecule has 0 unspecified atom stereocenters. The van der Waals surface area contributed by atoms with Gasteiger partial charge in [0.25, 0.3) is 0 Å². The molecule has 0 saturated carbocycles. The number of nitrogens with zero attached hydrogens (tertiary/aromatic N) is 2. The lowest BCUT2D eigenvalue weighted by atomic mass is 10.0. The van der Waals surface area contributed by atoms with Gasteiger partial charge in [-0.25, -0.2) is 4.98 Å². The molecule has 0 amide bonds. The highest BCUT2D eigenvalue weighted by atomic mass is 16.3. The van der Waals surface area contributed by atoms with Gasteiger partial charge in [0.2, 0.25) is 5.89 Å². The molecule has 1 heterocycles. The molecular formula is C35H28N2O. The summed E-state index contributed by atoms with van der Waals surface area (Å²) >= 11 is 0. The van der Waals surface area contributed by atoms with Crippen LogP contribution in [-0.2, 0) is 0 Å². The molecule has 1 aromatic heterocycles. The summed E-state index contributed by atoms with van der Waals surface area (Å²) in [5.41, 5.74) is 10.9. The van der Waals surface area contributed by atoms with E-state index in [1.165, 1.54) is 16.7 Å². The molecule has 0 atom stereocenters. The number of para-hydroxylation sites is 1. The SMILES string of the molecule is Cc1ccc(-c2ccc3oc(/C=C/c4ccc(N(c5ccccc5)c5ccc(C)cc5)cc4)nc3c2)cc1. The monoisotopic (exact) mass is 492 g/mol. The van der Waals surface area contributed by atoms with Crippen molar-refractivity contribution in [2.45, 2.75) is 13.8 Å². The Labute approximate surface area is 223 Å². The van der Waals surface area contributed by atoms with Crippen molar-refractivity contribution < 1.29 is 4.42 Å². The second-order valence-electron chi connectivity index (χ2n) is 9.53. The number of rotatable bonds is 6. The van der Waals surface area contributed by atoms with E-state index in [0.29, 0.717) is 5.89 Å². The minimum absolute atomic E-state index is 0.593. The van der Waals surface area contributed by atoms with Crippen molar-refractivity contribution >= 4 is 40.3 Å². The Morgan fingerprint density at radius 3 is 1.84 bits per heavy atom. The molecule has 5 aromatic carbocycles. The quantitative estimate of drug-likeness (QED) is 0.232. The van der Waals surface area contributed by atoms with Crippen molar-refractivity contribution in [3.05, 3.63) is 144 Å².